The van der Waals surface area contributed by atoms with Crippen molar-refractivity contribution in [2.45, 2.75) is 13.5 Å². The van der Waals surface area contributed by atoms with E-state index in [9.17, 15) is 0 Å². The van der Waals surface area contributed by atoms with Crippen LogP contribution in [-0.4, -0.2) is 13.1 Å². The predicted molar refractivity (Wildman–Crippen MR) is 98.5 cm³/mol. The molecule has 2 rings (SSSR count). The van der Waals surface area contributed by atoms with Crippen molar-refractivity contribution in [3.63, 3.8) is 0 Å². The molecule has 4 nitrogen and oxygen atoms in total. The molecular formula is C16H20IN3O. The zero-order valence-electron chi connectivity index (χ0n) is 12.2. The molecule has 0 spiro atoms. The van der Waals surface area contributed by atoms with Crippen LogP contribution in [0.3, 0.4) is 0 Å². The summed E-state index contributed by atoms with van der Waals surface area (Å²) in [6, 6.07) is 15.8. The van der Waals surface area contributed by atoms with Gasteiger partial charge in [0.25, 0.3) is 0 Å². The lowest BCUT2D eigenvalue weighted by Gasteiger charge is -2.07. The van der Waals surface area contributed by atoms with Crippen LogP contribution < -0.4 is 15.8 Å². The van der Waals surface area contributed by atoms with Crippen LogP contribution in [-0.2, 0) is 6.54 Å². The molecule has 112 valence electrons. The standard InChI is InChI=1S/C16H19N3O.HI/c1-12-4-3-5-13(10-12)11-18-16(17)19-14-6-8-15(20-2)9-7-14;/h3-10H,11H2,1-2H3,(H3,17,18,19);1H. The Morgan fingerprint density at radius 2 is 1.90 bits per heavy atom. The molecule has 21 heavy (non-hydrogen) atoms. The van der Waals surface area contributed by atoms with E-state index in [0.717, 1.165) is 17.0 Å². The van der Waals surface area contributed by atoms with Crippen molar-refractivity contribution < 1.29 is 4.74 Å². The number of hydrogen-bond donors (Lipinski definition) is 2. The van der Waals surface area contributed by atoms with Crippen molar-refractivity contribution in [2.24, 2.45) is 10.7 Å². The molecule has 2 aromatic carbocycles. The second kappa shape index (κ2) is 8.51. The molecule has 0 heterocycles. The molecular weight excluding hydrogens is 377 g/mol. The van der Waals surface area contributed by atoms with Gasteiger partial charge in [-0.3, -0.25) is 0 Å². The van der Waals surface area contributed by atoms with E-state index in [1.807, 2.05) is 36.4 Å². The Labute approximate surface area is 142 Å². The molecule has 0 radical (unpaired) electrons. The fourth-order valence-electron chi connectivity index (χ4n) is 1.85. The van der Waals surface area contributed by atoms with E-state index in [1.54, 1.807) is 7.11 Å². The molecule has 0 aliphatic rings. The molecule has 0 bridgehead atoms. The van der Waals surface area contributed by atoms with Gasteiger partial charge in [-0.05, 0) is 36.8 Å². The second-order valence-corrected chi connectivity index (χ2v) is 4.54. The van der Waals surface area contributed by atoms with E-state index in [2.05, 4.69) is 29.4 Å². The summed E-state index contributed by atoms with van der Waals surface area (Å²) in [6.45, 7) is 2.63. The average molecular weight is 397 g/mol. The number of rotatable bonds is 4. The summed E-state index contributed by atoms with van der Waals surface area (Å²) in [7, 11) is 1.64. The van der Waals surface area contributed by atoms with Gasteiger partial charge in [0.05, 0.1) is 13.7 Å². The number of anilines is 1. The Morgan fingerprint density at radius 3 is 2.52 bits per heavy atom. The average Bonchev–Trinajstić information content (AvgIpc) is 2.46. The van der Waals surface area contributed by atoms with Gasteiger partial charge in [0.2, 0.25) is 0 Å². The number of hydrogen-bond acceptors (Lipinski definition) is 2. The monoisotopic (exact) mass is 397 g/mol. The summed E-state index contributed by atoms with van der Waals surface area (Å²) < 4.78 is 5.10. The third-order valence-electron chi connectivity index (χ3n) is 2.88. The van der Waals surface area contributed by atoms with E-state index >= 15 is 0 Å². The molecule has 0 fully saturated rings. The Bertz CT molecular complexity index is 597. The smallest absolute Gasteiger partial charge is 0.193 e. The highest BCUT2D eigenvalue weighted by atomic mass is 127. The summed E-state index contributed by atoms with van der Waals surface area (Å²) in [4.78, 5) is 4.33. The maximum absolute atomic E-state index is 5.87. The van der Waals surface area contributed by atoms with Crippen LogP contribution in [0.2, 0.25) is 0 Å². The lowest BCUT2D eigenvalue weighted by atomic mass is 10.1. The number of aliphatic imine (C=N–C) groups is 1. The minimum atomic E-state index is 0. The van der Waals surface area contributed by atoms with Crippen LogP contribution in [0.25, 0.3) is 0 Å². The van der Waals surface area contributed by atoms with Gasteiger partial charge in [-0.2, -0.15) is 0 Å². The Kier molecular flexibility index (Phi) is 7.01. The largest absolute Gasteiger partial charge is 0.497 e. The second-order valence-electron chi connectivity index (χ2n) is 4.54. The van der Waals surface area contributed by atoms with Crippen LogP contribution in [0.1, 0.15) is 11.1 Å². The first-order valence-corrected chi connectivity index (χ1v) is 6.44. The fourth-order valence-corrected chi connectivity index (χ4v) is 1.85. The van der Waals surface area contributed by atoms with Gasteiger partial charge in [0, 0.05) is 5.69 Å². The van der Waals surface area contributed by atoms with Gasteiger partial charge in [-0.1, -0.05) is 29.8 Å². The number of nitrogens with zero attached hydrogens (tertiary/aromatic N) is 1. The van der Waals surface area contributed by atoms with Crippen molar-refractivity contribution in [1.82, 2.24) is 0 Å². The van der Waals surface area contributed by atoms with Crippen molar-refractivity contribution in [1.29, 1.82) is 0 Å². The number of aryl methyl sites for hydroxylation is 1. The SMILES string of the molecule is COc1ccc(NC(N)=NCc2cccc(C)c2)cc1.I. The van der Waals surface area contributed by atoms with Gasteiger partial charge in [0.1, 0.15) is 5.75 Å². The van der Waals surface area contributed by atoms with Crippen LogP contribution in [0.4, 0.5) is 5.69 Å². The topological polar surface area (TPSA) is 59.6 Å². The number of nitrogens with two attached hydrogens (primary N) is 1. The van der Waals surface area contributed by atoms with Crippen LogP contribution in [0.5, 0.6) is 5.75 Å². The Hall–Kier alpha value is -1.76. The summed E-state index contributed by atoms with van der Waals surface area (Å²) in [5, 5.41) is 3.05. The van der Waals surface area contributed by atoms with E-state index in [0.29, 0.717) is 12.5 Å². The zero-order chi connectivity index (χ0) is 14.4. The summed E-state index contributed by atoms with van der Waals surface area (Å²) in [5.41, 5.74) is 9.12. The molecule has 0 unspecified atom stereocenters. The number of nitrogens with one attached hydrogen (secondary N) is 1. The first-order chi connectivity index (χ1) is 9.67. The van der Waals surface area contributed by atoms with Crippen LogP contribution in [0.15, 0.2) is 53.5 Å². The molecule has 0 aliphatic heterocycles. The molecule has 0 amide bonds. The molecule has 2 aromatic rings. The highest BCUT2D eigenvalue weighted by molar-refractivity contribution is 14.0. The first-order valence-electron chi connectivity index (χ1n) is 6.44. The fraction of sp³-hybridized carbons (Fsp3) is 0.188. The Balaban J connectivity index is 0.00000220. The molecule has 0 atom stereocenters. The van der Waals surface area contributed by atoms with E-state index in [4.69, 9.17) is 10.5 Å². The quantitative estimate of drug-likeness (QED) is 0.471. The third kappa shape index (κ3) is 5.63. The summed E-state index contributed by atoms with van der Waals surface area (Å²) >= 11 is 0. The molecule has 0 aliphatic carbocycles. The number of guanidine groups is 1. The van der Waals surface area contributed by atoms with Gasteiger partial charge < -0.3 is 15.8 Å². The number of ether oxygens (including phenoxy) is 1. The minimum Gasteiger partial charge on any atom is -0.497 e. The van der Waals surface area contributed by atoms with Crippen LogP contribution in [0, 0.1) is 6.92 Å². The summed E-state index contributed by atoms with van der Waals surface area (Å²) in [5.74, 6) is 1.21. The van der Waals surface area contributed by atoms with E-state index in [-0.39, 0.29) is 24.0 Å². The van der Waals surface area contributed by atoms with Crippen molar-refractivity contribution in [2.75, 3.05) is 12.4 Å². The normalized spacial score (nSPS) is 10.7. The Morgan fingerprint density at radius 1 is 1.19 bits per heavy atom. The molecule has 0 aromatic heterocycles. The maximum atomic E-state index is 5.87. The van der Waals surface area contributed by atoms with Gasteiger partial charge in [-0.15, -0.1) is 24.0 Å². The highest BCUT2D eigenvalue weighted by Gasteiger charge is 1.97. The van der Waals surface area contributed by atoms with Crippen molar-refractivity contribution in [3.8, 4) is 5.75 Å². The molecule has 0 saturated heterocycles. The minimum absolute atomic E-state index is 0. The number of benzene rings is 2. The van der Waals surface area contributed by atoms with Gasteiger partial charge in [0.15, 0.2) is 5.96 Å². The predicted octanol–water partition coefficient (Wildman–Crippen LogP) is 3.55. The van der Waals surface area contributed by atoms with E-state index < -0.39 is 0 Å². The van der Waals surface area contributed by atoms with Crippen molar-refractivity contribution in [3.05, 3.63) is 59.7 Å². The molecule has 5 heteroatoms. The highest BCUT2D eigenvalue weighted by Crippen LogP contribution is 2.14. The number of methoxy groups -OCH3 is 1. The summed E-state index contributed by atoms with van der Waals surface area (Å²) in [6.07, 6.45) is 0. The van der Waals surface area contributed by atoms with Gasteiger partial charge in [-0.25, -0.2) is 4.99 Å². The van der Waals surface area contributed by atoms with Crippen molar-refractivity contribution >= 4 is 35.6 Å². The lowest BCUT2D eigenvalue weighted by molar-refractivity contribution is 0.415. The molecule has 3 N–H and O–H groups in total. The lowest BCUT2D eigenvalue weighted by Crippen LogP contribution is -2.22. The third-order valence-corrected chi connectivity index (χ3v) is 2.88. The number of halogens is 1. The van der Waals surface area contributed by atoms with E-state index in [1.165, 1.54) is 5.56 Å². The first kappa shape index (κ1) is 17.3. The van der Waals surface area contributed by atoms with Crippen LogP contribution >= 0.6 is 24.0 Å². The molecule has 0 saturated carbocycles. The van der Waals surface area contributed by atoms with Gasteiger partial charge >= 0.3 is 0 Å². The zero-order valence-corrected chi connectivity index (χ0v) is 14.5. The maximum Gasteiger partial charge on any atom is 0.193 e.